The maximum absolute atomic E-state index is 9.64. The van der Waals surface area contributed by atoms with E-state index in [1.807, 2.05) is 13.8 Å². The molecule has 106 valence electrons. The van der Waals surface area contributed by atoms with Gasteiger partial charge in [0.05, 0.1) is 12.7 Å². The van der Waals surface area contributed by atoms with Crippen molar-refractivity contribution in [3.63, 3.8) is 0 Å². The van der Waals surface area contributed by atoms with Crippen molar-refractivity contribution in [2.45, 2.75) is 26.4 Å². The summed E-state index contributed by atoms with van der Waals surface area (Å²) in [5.74, 6) is 1.37. The molecule has 1 aromatic rings. The predicted molar refractivity (Wildman–Crippen MR) is 72.5 cm³/mol. The molecule has 0 saturated carbocycles. The number of rotatable bonds is 5. The van der Waals surface area contributed by atoms with Crippen LogP contribution in [-0.4, -0.2) is 52.9 Å². The molecule has 0 radical (unpaired) electrons. The number of aromatic nitrogens is 3. The molecule has 0 spiro atoms. The van der Waals surface area contributed by atoms with Crippen molar-refractivity contribution in [2.24, 2.45) is 5.92 Å². The molecule has 2 heterocycles. The Kier molecular flexibility index (Phi) is 4.36. The van der Waals surface area contributed by atoms with E-state index in [0.717, 1.165) is 19.5 Å². The van der Waals surface area contributed by atoms with Crippen molar-refractivity contribution in [1.82, 2.24) is 15.0 Å². The molecule has 7 nitrogen and oxygen atoms in total. The zero-order chi connectivity index (χ0) is 13.8. The molecule has 0 aromatic carbocycles. The monoisotopic (exact) mass is 267 g/mol. The van der Waals surface area contributed by atoms with E-state index in [1.54, 1.807) is 7.05 Å². The standard InChI is InChI=1S/C12H21N5O2/c1-4-19-12-15-10(13-3)14-11(16-12)17-6-5-9(7-17)8(2)18/h8-9,18H,4-7H2,1-3H3,(H,13,14,15,16). The molecule has 2 atom stereocenters. The highest BCUT2D eigenvalue weighted by atomic mass is 16.5. The zero-order valence-electron chi connectivity index (χ0n) is 11.6. The largest absolute Gasteiger partial charge is 0.464 e. The van der Waals surface area contributed by atoms with Gasteiger partial charge in [-0.3, -0.25) is 0 Å². The topological polar surface area (TPSA) is 83.4 Å². The fourth-order valence-corrected chi connectivity index (χ4v) is 2.16. The average Bonchev–Trinajstić information content (AvgIpc) is 2.88. The van der Waals surface area contributed by atoms with Crippen LogP contribution in [0.1, 0.15) is 20.3 Å². The van der Waals surface area contributed by atoms with Crippen molar-refractivity contribution < 1.29 is 9.84 Å². The highest BCUT2D eigenvalue weighted by molar-refractivity contribution is 5.39. The van der Waals surface area contributed by atoms with Crippen LogP contribution in [0.15, 0.2) is 0 Å². The number of hydrogen-bond donors (Lipinski definition) is 2. The molecule has 0 bridgehead atoms. The Bertz CT molecular complexity index is 427. The van der Waals surface area contributed by atoms with E-state index in [2.05, 4.69) is 25.2 Å². The smallest absolute Gasteiger partial charge is 0.323 e. The Morgan fingerprint density at radius 3 is 2.84 bits per heavy atom. The summed E-state index contributed by atoms with van der Waals surface area (Å²) in [6, 6.07) is 0.331. The number of ether oxygens (including phenoxy) is 1. The van der Waals surface area contributed by atoms with Crippen LogP contribution in [0.3, 0.4) is 0 Å². The molecule has 0 aliphatic carbocycles. The van der Waals surface area contributed by atoms with Gasteiger partial charge in [-0.1, -0.05) is 0 Å². The van der Waals surface area contributed by atoms with Gasteiger partial charge in [0.25, 0.3) is 0 Å². The van der Waals surface area contributed by atoms with Crippen LogP contribution >= 0.6 is 0 Å². The van der Waals surface area contributed by atoms with Crippen molar-refractivity contribution in [3.8, 4) is 6.01 Å². The second kappa shape index (κ2) is 6.01. The average molecular weight is 267 g/mol. The summed E-state index contributed by atoms with van der Waals surface area (Å²) in [6.45, 7) is 5.83. The lowest BCUT2D eigenvalue weighted by Gasteiger charge is -2.18. The lowest BCUT2D eigenvalue weighted by atomic mass is 10.0. The molecule has 2 N–H and O–H groups in total. The summed E-state index contributed by atoms with van der Waals surface area (Å²) in [4.78, 5) is 14.8. The molecular weight excluding hydrogens is 246 g/mol. The van der Waals surface area contributed by atoms with Crippen molar-refractivity contribution >= 4 is 11.9 Å². The summed E-state index contributed by atoms with van der Waals surface area (Å²) in [7, 11) is 1.76. The first-order chi connectivity index (χ1) is 9.13. The number of hydrogen-bond acceptors (Lipinski definition) is 7. The summed E-state index contributed by atoms with van der Waals surface area (Å²) in [5, 5.41) is 12.5. The van der Waals surface area contributed by atoms with E-state index >= 15 is 0 Å². The molecule has 7 heteroatoms. The van der Waals surface area contributed by atoms with Gasteiger partial charge in [-0.05, 0) is 20.3 Å². The quantitative estimate of drug-likeness (QED) is 0.804. The van der Waals surface area contributed by atoms with Gasteiger partial charge < -0.3 is 20.1 Å². The molecule has 1 aliphatic heterocycles. The van der Waals surface area contributed by atoms with E-state index in [-0.39, 0.29) is 12.0 Å². The summed E-state index contributed by atoms with van der Waals surface area (Å²) >= 11 is 0. The maximum atomic E-state index is 9.64. The Hall–Kier alpha value is -1.63. The summed E-state index contributed by atoms with van der Waals surface area (Å²) in [6.07, 6.45) is 0.643. The third-order valence-electron chi connectivity index (χ3n) is 3.29. The molecule has 1 fully saturated rings. The molecule has 1 aromatic heterocycles. The highest BCUT2D eigenvalue weighted by Crippen LogP contribution is 2.24. The fourth-order valence-electron chi connectivity index (χ4n) is 2.16. The van der Waals surface area contributed by atoms with Crippen LogP contribution in [0.2, 0.25) is 0 Å². The lowest BCUT2D eigenvalue weighted by Crippen LogP contribution is -2.26. The van der Waals surface area contributed by atoms with Gasteiger partial charge in [-0.25, -0.2) is 0 Å². The van der Waals surface area contributed by atoms with Gasteiger partial charge in [0.15, 0.2) is 0 Å². The van der Waals surface area contributed by atoms with Gasteiger partial charge in [-0.15, -0.1) is 0 Å². The predicted octanol–water partition coefficient (Wildman–Crippen LogP) is 0.519. The highest BCUT2D eigenvalue weighted by Gasteiger charge is 2.28. The summed E-state index contributed by atoms with van der Waals surface area (Å²) < 4.78 is 5.34. The van der Waals surface area contributed by atoms with Crippen LogP contribution in [0.4, 0.5) is 11.9 Å². The Morgan fingerprint density at radius 2 is 2.26 bits per heavy atom. The maximum Gasteiger partial charge on any atom is 0.323 e. The minimum absolute atomic E-state index is 0.269. The van der Waals surface area contributed by atoms with Crippen LogP contribution in [0, 0.1) is 5.92 Å². The first kappa shape index (κ1) is 13.8. The SMILES string of the molecule is CCOc1nc(NC)nc(N2CCC(C(C)O)C2)n1. The Morgan fingerprint density at radius 1 is 1.47 bits per heavy atom. The van der Waals surface area contributed by atoms with Crippen LogP contribution in [0.25, 0.3) is 0 Å². The molecule has 2 unspecified atom stereocenters. The van der Waals surface area contributed by atoms with E-state index in [1.165, 1.54) is 0 Å². The number of aliphatic hydroxyl groups excluding tert-OH is 1. The molecular formula is C12H21N5O2. The first-order valence-corrected chi connectivity index (χ1v) is 6.63. The van der Waals surface area contributed by atoms with Gasteiger partial charge in [0.1, 0.15) is 0 Å². The molecule has 1 aliphatic rings. The van der Waals surface area contributed by atoms with Gasteiger partial charge in [-0.2, -0.15) is 15.0 Å². The second-order valence-electron chi connectivity index (χ2n) is 4.66. The normalized spacial score (nSPS) is 20.4. The van der Waals surface area contributed by atoms with E-state index in [9.17, 15) is 5.11 Å². The second-order valence-corrected chi connectivity index (χ2v) is 4.66. The zero-order valence-corrected chi connectivity index (χ0v) is 11.6. The lowest BCUT2D eigenvalue weighted by molar-refractivity contribution is 0.136. The summed E-state index contributed by atoms with van der Waals surface area (Å²) in [5.41, 5.74) is 0. The van der Waals surface area contributed by atoms with Crippen LogP contribution in [-0.2, 0) is 0 Å². The van der Waals surface area contributed by atoms with E-state index in [0.29, 0.717) is 24.5 Å². The third kappa shape index (κ3) is 3.23. The minimum atomic E-state index is -0.304. The van der Waals surface area contributed by atoms with Gasteiger partial charge >= 0.3 is 6.01 Å². The van der Waals surface area contributed by atoms with Crippen molar-refractivity contribution in [3.05, 3.63) is 0 Å². The van der Waals surface area contributed by atoms with E-state index < -0.39 is 0 Å². The Balaban J connectivity index is 2.17. The Labute approximate surface area is 113 Å². The van der Waals surface area contributed by atoms with Gasteiger partial charge in [0.2, 0.25) is 11.9 Å². The van der Waals surface area contributed by atoms with Crippen molar-refractivity contribution in [1.29, 1.82) is 0 Å². The molecule has 19 heavy (non-hydrogen) atoms. The van der Waals surface area contributed by atoms with Gasteiger partial charge in [0, 0.05) is 26.1 Å². The fraction of sp³-hybridized carbons (Fsp3) is 0.750. The number of nitrogens with zero attached hydrogens (tertiary/aromatic N) is 4. The van der Waals surface area contributed by atoms with Crippen LogP contribution < -0.4 is 15.0 Å². The molecule has 0 amide bonds. The number of anilines is 2. The third-order valence-corrected chi connectivity index (χ3v) is 3.29. The van der Waals surface area contributed by atoms with E-state index in [4.69, 9.17) is 4.74 Å². The van der Waals surface area contributed by atoms with Crippen LogP contribution in [0.5, 0.6) is 6.01 Å². The number of aliphatic hydroxyl groups is 1. The van der Waals surface area contributed by atoms with Crippen molar-refractivity contribution in [2.75, 3.05) is 37.0 Å². The molecule has 2 rings (SSSR count). The first-order valence-electron chi connectivity index (χ1n) is 6.63. The number of nitrogens with one attached hydrogen (secondary N) is 1. The minimum Gasteiger partial charge on any atom is -0.464 e. The molecule has 1 saturated heterocycles.